The summed E-state index contributed by atoms with van der Waals surface area (Å²) in [4.78, 5) is 21.2. The molecule has 1 aromatic heterocycles. The number of methoxy groups -OCH3 is 1. The van der Waals surface area contributed by atoms with Gasteiger partial charge in [0, 0.05) is 56.6 Å². The first-order valence-corrected chi connectivity index (χ1v) is 8.78. The van der Waals surface area contributed by atoms with Crippen LogP contribution in [0.2, 0.25) is 0 Å². The van der Waals surface area contributed by atoms with Gasteiger partial charge in [-0.1, -0.05) is 6.07 Å². The number of piperazine rings is 1. The number of nitrogen functional groups attached to an aromatic ring is 1. The van der Waals surface area contributed by atoms with Gasteiger partial charge in [-0.3, -0.25) is 9.69 Å². The van der Waals surface area contributed by atoms with Gasteiger partial charge in [0.2, 0.25) is 5.88 Å². The molecule has 0 saturated carbocycles. The Morgan fingerprint density at radius 1 is 1.15 bits per heavy atom. The van der Waals surface area contributed by atoms with Crippen LogP contribution in [0.4, 0.5) is 11.5 Å². The van der Waals surface area contributed by atoms with Gasteiger partial charge in [0.15, 0.2) is 0 Å². The normalized spacial score (nSPS) is 14.9. The highest BCUT2D eigenvalue weighted by Crippen LogP contribution is 2.17. The highest BCUT2D eigenvalue weighted by atomic mass is 16.5. The van der Waals surface area contributed by atoms with Gasteiger partial charge in [0.25, 0.3) is 5.91 Å². The average molecular weight is 355 g/mol. The van der Waals surface area contributed by atoms with Crippen molar-refractivity contribution in [3.63, 3.8) is 0 Å². The number of nitrogens with zero attached hydrogens (tertiary/aromatic N) is 3. The maximum atomic E-state index is 12.1. The molecule has 1 saturated heterocycles. The van der Waals surface area contributed by atoms with E-state index in [0.29, 0.717) is 23.7 Å². The van der Waals surface area contributed by atoms with E-state index < -0.39 is 0 Å². The zero-order valence-corrected chi connectivity index (χ0v) is 15.0. The Morgan fingerprint density at radius 2 is 1.88 bits per heavy atom. The molecule has 26 heavy (non-hydrogen) atoms. The minimum absolute atomic E-state index is 0.0655. The van der Waals surface area contributed by atoms with Gasteiger partial charge >= 0.3 is 0 Å². The molecule has 1 aliphatic rings. The van der Waals surface area contributed by atoms with Gasteiger partial charge in [0.05, 0.1) is 7.11 Å². The number of aromatic nitrogens is 1. The maximum absolute atomic E-state index is 12.1. The van der Waals surface area contributed by atoms with Crippen LogP contribution in [0.15, 0.2) is 42.5 Å². The number of anilines is 2. The van der Waals surface area contributed by atoms with E-state index in [9.17, 15) is 4.79 Å². The van der Waals surface area contributed by atoms with Crippen molar-refractivity contribution in [3.05, 3.63) is 48.0 Å². The molecular formula is C19H25N5O2. The van der Waals surface area contributed by atoms with Gasteiger partial charge in [-0.05, 0) is 30.3 Å². The van der Waals surface area contributed by atoms with Crippen LogP contribution in [0.25, 0.3) is 0 Å². The second-order valence-electron chi connectivity index (χ2n) is 6.24. The van der Waals surface area contributed by atoms with Crippen LogP contribution in [-0.2, 0) is 0 Å². The summed E-state index contributed by atoms with van der Waals surface area (Å²) < 4.78 is 5.19. The molecule has 2 aromatic rings. The van der Waals surface area contributed by atoms with Crippen LogP contribution in [0.1, 0.15) is 10.4 Å². The van der Waals surface area contributed by atoms with E-state index in [2.05, 4.69) is 20.1 Å². The molecule has 0 unspecified atom stereocenters. The lowest BCUT2D eigenvalue weighted by Gasteiger charge is -2.35. The average Bonchev–Trinajstić information content (AvgIpc) is 2.69. The first-order chi connectivity index (χ1) is 12.7. The predicted molar refractivity (Wildman–Crippen MR) is 103 cm³/mol. The SMILES string of the molecule is COc1cccc(N2CCN(CCNC(=O)c3ccc(N)cc3)CC2)n1. The van der Waals surface area contributed by atoms with Crippen LogP contribution in [0.3, 0.4) is 0 Å². The number of benzene rings is 1. The lowest BCUT2D eigenvalue weighted by Crippen LogP contribution is -2.48. The molecule has 0 bridgehead atoms. The zero-order chi connectivity index (χ0) is 18.4. The standard InChI is InChI=1S/C19H25N5O2/c1-26-18-4-2-3-17(22-18)24-13-11-23(12-14-24)10-9-21-19(25)15-5-7-16(20)8-6-15/h2-8H,9-14,20H2,1H3,(H,21,25). The summed E-state index contributed by atoms with van der Waals surface area (Å²) in [6, 6.07) is 12.8. The number of nitrogens with one attached hydrogen (secondary N) is 1. The van der Waals surface area contributed by atoms with Crippen LogP contribution >= 0.6 is 0 Å². The Balaban J connectivity index is 1.41. The Morgan fingerprint density at radius 3 is 2.58 bits per heavy atom. The van der Waals surface area contributed by atoms with Crippen molar-refractivity contribution in [3.8, 4) is 5.88 Å². The summed E-state index contributed by atoms with van der Waals surface area (Å²) in [5.74, 6) is 1.51. The smallest absolute Gasteiger partial charge is 0.251 e. The number of pyridine rings is 1. The van der Waals surface area contributed by atoms with Crippen LogP contribution < -0.4 is 20.7 Å². The molecule has 7 heteroatoms. The minimum Gasteiger partial charge on any atom is -0.481 e. The highest BCUT2D eigenvalue weighted by Gasteiger charge is 2.18. The summed E-state index contributed by atoms with van der Waals surface area (Å²) in [6.07, 6.45) is 0. The van der Waals surface area contributed by atoms with Gasteiger partial charge in [-0.15, -0.1) is 0 Å². The fourth-order valence-corrected chi connectivity index (χ4v) is 2.96. The van der Waals surface area contributed by atoms with Gasteiger partial charge in [0.1, 0.15) is 5.82 Å². The summed E-state index contributed by atoms with van der Waals surface area (Å²) >= 11 is 0. The highest BCUT2D eigenvalue weighted by molar-refractivity contribution is 5.94. The van der Waals surface area contributed by atoms with Crippen LogP contribution in [0.5, 0.6) is 5.88 Å². The van der Waals surface area contributed by atoms with E-state index in [1.54, 1.807) is 31.4 Å². The molecular weight excluding hydrogens is 330 g/mol. The molecule has 0 aliphatic carbocycles. The van der Waals surface area contributed by atoms with Crippen molar-refractivity contribution < 1.29 is 9.53 Å². The largest absolute Gasteiger partial charge is 0.481 e. The third kappa shape index (κ3) is 4.64. The molecule has 2 heterocycles. The second-order valence-corrected chi connectivity index (χ2v) is 6.24. The number of hydrogen-bond donors (Lipinski definition) is 2. The van der Waals surface area contributed by atoms with Crippen molar-refractivity contribution in [2.45, 2.75) is 0 Å². The molecule has 3 rings (SSSR count). The van der Waals surface area contributed by atoms with Gasteiger partial charge in [-0.25, -0.2) is 0 Å². The number of hydrogen-bond acceptors (Lipinski definition) is 6. The number of carbonyl (C=O) groups is 1. The van der Waals surface area contributed by atoms with E-state index in [-0.39, 0.29) is 5.91 Å². The Labute approximate surface area is 153 Å². The van der Waals surface area contributed by atoms with Crippen molar-refractivity contribution in [1.82, 2.24) is 15.2 Å². The van der Waals surface area contributed by atoms with E-state index in [1.165, 1.54) is 0 Å². The summed E-state index contributed by atoms with van der Waals surface area (Å²) in [7, 11) is 1.63. The quantitative estimate of drug-likeness (QED) is 0.758. The topological polar surface area (TPSA) is 83.7 Å². The predicted octanol–water partition coefficient (Wildman–Crippen LogP) is 1.22. The molecule has 0 atom stereocenters. The maximum Gasteiger partial charge on any atom is 0.251 e. The molecule has 0 radical (unpaired) electrons. The molecule has 3 N–H and O–H groups in total. The second kappa shape index (κ2) is 8.53. The van der Waals surface area contributed by atoms with Crippen molar-refractivity contribution in [1.29, 1.82) is 0 Å². The Kier molecular flexibility index (Phi) is 5.91. The molecule has 7 nitrogen and oxygen atoms in total. The molecule has 1 aromatic carbocycles. The van der Waals surface area contributed by atoms with Gasteiger partial charge in [-0.2, -0.15) is 4.98 Å². The number of rotatable bonds is 6. The van der Waals surface area contributed by atoms with E-state index in [4.69, 9.17) is 10.5 Å². The number of amides is 1. The molecule has 1 aliphatic heterocycles. The van der Waals surface area contributed by atoms with E-state index in [1.807, 2.05) is 18.2 Å². The zero-order valence-electron chi connectivity index (χ0n) is 15.0. The van der Waals surface area contributed by atoms with E-state index in [0.717, 1.165) is 38.5 Å². The lowest BCUT2D eigenvalue weighted by molar-refractivity contribution is 0.0948. The summed E-state index contributed by atoms with van der Waals surface area (Å²) in [5.41, 5.74) is 6.93. The van der Waals surface area contributed by atoms with Crippen LogP contribution in [-0.4, -0.2) is 62.2 Å². The third-order valence-corrected chi connectivity index (χ3v) is 4.50. The van der Waals surface area contributed by atoms with Crippen molar-refractivity contribution >= 4 is 17.4 Å². The number of ether oxygens (including phenoxy) is 1. The fraction of sp³-hybridized carbons (Fsp3) is 0.368. The van der Waals surface area contributed by atoms with Crippen LogP contribution in [0, 0.1) is 0 Å². The fourth-order valence-electron chi connectivity index (χ4n) is 2.96. The summed E-state index contributed by atoms with van der Waals surface area (Å²) in [6.45, 7) is 5.16. The lowest BCUT2D eigenvalue weighted by atomic mass is 10.2. The first-order valence-electron chi connectivity index (χ1n) is 8.78. The summed E-state index contributed by atoms with van der Waals surface area (Å²) in [5, 5.41) is 2.96. The Hall–Kier alpha value is -2.80. The minimum atomic E-state index is -0.0655. The molecule has 0 spiro atoms. The van der Waals surface area contributed by atoms with Crippen molar-refractivity contribution in [2.24, 2.45) is 0 Å². The first kappa shape index (κ1) is 18.0. The van der Waals surface area contributed by atoms with Gasteiger partial charge < -0.3 is 20.7 Å². The molecule has 138 valence electrons. The monoisotopic (exact) mass is 355 g/mol. The number of carbonyl (C=O) groups excluding carboxylic acids is 1. The third-order valence-electron chi connectivity index (χ3n) is 4.50. The Bertz CT molecular complexity index is 727. The van der Waals surface area contributed by atoms with Crippen molar-refractivity contribution in [2.75, 3.05) is 57.0 Å². The van der Waals surface area contributed by atoms with E-state index >= 15 is 0 Å². The number of nitrogens with two attached hydrogens (primary N) is 1. The molecule has 1 amide bonds. The molecule has 1 fully saturated rings.